The molecule has 0 aromatic heterocycles. The van der Waals surface area contributed by atoms with Crippen LogP contribution in [0.15, 0.2) is 146 Å². The first kappa shape index (κ1) is 47.6. The minimum absolute atomic E-state index is 0.767. The molecule has 8 rings (SSSR count). The summed E-state index contributed by atoms with van der Waals surface area (Å²) in [4.78, 5) is 0. The lowest BCUT2D eigenvalue weighted by atomic mass is 9.64. The van der Waals surface area contributed by atoms with Gasteiger partial charge in [0.2, 0.25) is 0 Å². The molecule has 0 unspecified atom stereocenters. The lowest BCUT2D eigenvalue weighted by Crippen LogP contribution is -2.31. The van der Waals surface area contributed by atoms with Gasteiger partial charge in [-0.15, -0.1) is 0 Å². The first-order valence-corrected chi connectivity index (χ1v) is 22.8. The largest absolute Gasteiger partial charge is 0.496 e. The Kier molecular flexibility index (Phi) is 13.9. The highest BCUT2D eigenvalue weighted by Gasteiger charge is 2.39. The van der Waals surface area contributed by atoms with Gasteiger partial charge in [-0.3, -0.25) is 0 Å². The predicted octanol–water partition coefficient (Wildman–Crippen LogP) is 14.0. The maximum absolute atomic E-state index is 5.94. The van der Waals surface area contributed by atoms with Gasteiger partial charge in [0.15, 0.2) is 0 Å². The summed E-state index contributed by atoms with van der Waals surface area (Å²) in [6.07, 6.45) is 0. The number of rotatable bonds is 16. The van der Waals surface area contributed by atoms with Crippen molar-refractivity contribution >= 4 is 0 Å². The summed E-state index contributed by atoms with van der Waals surface area (Å²) in [7, 11) is 13.6. The third-order valence-electron chi connectivity index (χ3n) is 13.4. The van der Waals surface area contributed by atoms with Gasteiger partial charge in [0, 0.05) is 22.3 Å². The molecule has 8 aromatic carbocycles. The predicted molar refractivity (Wildman–Crippen MR) is 278 cm³/mol. The van der Waals surface area contributed by atoms with Gasteiger partial charge in [-0.05, 0) is 143 Å². The molecular formula is C61H60O8. The fourth-order valence-corrected chi connectivity index (χ4v) is 9.70. The standard InChI is InChI=1S/C61H60O8/c1-37-29-57(66-9)49(33-53(37)62-5)41-13-21-45(22-14-41)61(46-23-15-42(16-24-46)50-34-54(63-6)38(2)30-58(50)67-10,47-25-17-43(18-26-47)51-35-55(64-7)39(3)31-59(51)68-11)48-27-19-44(20-28-48)52-36-56(65-8)40(4)32-60(52)69-12/h13-36H,1-12H3. The summed E-state index contributed by atoms with van der Waals surface area (Å²) in [6.45, 7) is 8.08. The van der Waals surface area contributed by atoms with Gasteiger partial charge in [-0.2, -0.15) is 0 Å². The van der Waals surface area contributed by atoms with Crippen LogP contribution in [0.4, 0.5) is 0 Å². The van der Waals surface area contributed by atoms with Crippen molar-refractivity contribution in [2.45, 2.75) is 33.1 Å². The quantitative estimate of drug-likeness (QED) is 0.0888. The van der Waals surface area contributed by atoms with Crippen molar-refractivity contribution in [1.29, 1.82) is 0 Å². The highest BCUT2D eigenvalue weighted by atomic mass is 16.5. The van der Waals surface area contributed by atoms with Crippen molar-refractivity contribution in [2.75, 3.05) is 56.9 Å². The fourth-order valence-electron chi connectivity index (χ4n) is 9.70. The number of hydrogen-bond acceptors (Lipinski definition) is 8. The SMILES string of the molecule is COc1cc(-c2ccc(C(c3ccc(-c4cc(OC)c(C)cc4OC)cc3)(c3ccc(-c4cc(OC)c(C)cc4OC)cc3)c3ccc(-c4cc(OC)c(C)cc4OC)cc3)cc2)c(OC)cc1C. The first-order chi connectivity index (χ1) is 33.5. The Labute approximate surface area is 406 Å². The smallest absolute Gasteiger partial charge is 0.127 e. The van der Waals surface area contributed by atoms with Gasteiger partial charge in [0.25, 0.3) is 0 Å². The van der Waals surface area contributed by atoms with Gasteiger partial charge in [-0.25, -0.2) is 0 Å². The first-order valence-electron chi connectivity index (χ1n) is 22.8. The monoisotopic (exact) mass is 920 g/mol. The van der Waals surface area contributed by atoms with Crippen molar-refractivity contribution in [3.63, 3.8) is 0 Å². The van der Waals surface area contributed by atoms with Crippen molar-refractivity contribution in [2.24, 2.45) is 0 Å². The molecule has 0 saturated heterocycles. The molecule has 352 valence electrons. The summed E-state index contributed by atoms with van der Waals surface area (Å²) in [5.74, 6) is 6.23. The van der Waals surface area contributed by atoms with Gasteiger partial charge in [0.1, 0.15) is 46.0 Å². The van der Waals surface area contributed by atoms with Crippen molar-refractivity contribution in [3.05, 3.63) is 190 Å². The number of hydrogen-bond donors (Lipinski definition) is 0. The Morgan fingerprint density at radius 3 is 0.565 bits per heavy atom. The second kappa shape index (κ2) is 20.2. The molecule has 0 saturated carbocycles. The van der Waals surface area contributed by atoms with Crippen LogP contribution in [0.5, 0.6) is 46.0 Å². The van der Waals surface area contributed by atoms with E-state index in [1.807, 2.05) is 76.2 Å². The Hall–Kier alpha value is -7.84. The zero-order valence-corrected chi connectivity index (χ0v) is 41.6. The highest BCUT2D eigenvalue weighted by molar-refractivity contribution is 5.79. The van der Waals surface area contributed by atoms with Crippen LogP contribution in [0.2, 0.25) is 0 Å². The van der Waals surface area contributed by atoms with Crippen LogP contribution >= 0.6 is 0 Å². The van der Waals surface area contributed by atoms with Crippen LogP contribution in [0.1, 0.15) is 44.5 Å². The van der Waals surface area contributed by atoms with Gasteiger partial charge in [0.05, 0.1) is 62.3 Å². The lowest BCUT2D eigenvalue weighted by molar-refractivity contribution is 0.402. The minimum atomic E-state index is -0.859. The van der Waals surface area contributed by atoms with Crippen molar-refractivity contribution < 1.29 is 37.9 Å². The molecule has 8 nitrogen and oxygen atoms in total. The Bertz CT molecular complexity index is 2670. The molecule has 0 aliphatic carbocycles. The summed E-state index contributed by atoms with van der Waals surface area (Å²) < 4.78 is 46.9. The Morgan fingerprint density at radius 2 is 0.406 bits per heavy atom. The number of aryl methyl sites for hydroxylation is 4. The van der Waals surface area contributed by atoms with E-state index in [2.05, 4.69) is 97.1 Å². The molecule has 0 radical (unpaired) electrons. The van der Waals surface area contributed by atoms with Crippen molar-refractivity contribution in [3.8, 4) is 90.5 Å². The van der Waals surface area contributed by atoms with E-state index in [9.17, 15) is 0 Å². The zero-order chi connectivity index (χ0) is 49.0. The third kappa shape index (κ3) is 8.79. The van der Waals surface area contributed by atoms with E-state index in [1.54, 1.807) is 56.9 Å². The number of methoxy groups -OCH3 is 8. The molecule has 8 heteroatoms. The molecule has 0 aliphatic rings. The lowest BCUT2D eigenvalue weighted by Gasteiger charge is -2.37. The van der Waals surface area contributed by atoms with Crippen LogP contribution < -0.4 is 37.9 Å². The minimum Gasteiger partial charge on any atom is -0.496 e. The molecule has 8 aromatic rings. The average molecular weight is 921 g/mol. The number of ether oxygens (including phenoxy) is 8. The molecule has 0 heterocycles. The normalized spacial score (nSPS) is 11.2. The van der Waals surface area contributed by atoms with Crippen LogP contribution in [-0.4, -0.2) is 56.9 Å². The Morgan fingerprint density at radius 1 is 0.232 bits per heavy atom. The van der Waals surface area contributed by atoms with Crippen LogP contribution in [0, 0.1) is 27.7 Å². The molecule has 0 bridgehead atoms. The topological polar surface area (TPSA) is 73.8 Å². The molecule has 0 N–H and O–H groups in total. The molecular weight excluding hydrogens is 861 g/mol. The van der Waals surface area contributed by atoms with E-state index >= 15 is 0 Å². The maximum Gasteiger partial charge on any atom is 0.127 e. The second-order valence-corrected chi connectivity index (χ2v) is 17.1. The molecule has 0 aliphatic heterocycles. The van der Waals surface area contributed by atoms with E-state index in [0.29, 0.717) is 0 Å². The summed E-state index contributed by atoms with van der Waals surface area (Å²) in [6, 6.07) is 51.5. The van der Waals surface area contributed by atoms with E-state index < -0.39 is 5.41 Å². The molecule has 0 atom stereocenters. The number of benzene rings is 8. The molecule has 0 fully saturated rings. The second-order valence-electron chi connectivity index (χ2n) is 17.1. The van der Waals surface area contributed by atoms with Crippen molar-refractivity contribution in [1.82, 2.24) is 0 Å². The average Bonchev–Trinajstić information content (AvgIpc) is 3.39. The van der Waals surface area contributed by atoms with E-state index in [-0.39, 0.29) is 0 Å². The highest BCUT2D eigenvalue weighted by Crippen LogP contribution is 2.49. The third-order valence-corrected chi connectivity index (χ3v) is 13.4. The van der Waals surface area contributed by atoms with E-state index in [4.69, 9.17) is 37.9 Å². The Balaban J connectivity index is 1.40. The van der Waals surface area contributed by atoms with E-state index in [0.717, 1.165) is 135 Å². The summed E-state index contributed by atoms with van der Waals surface area (Å²) >= 11 is 0. The van der Waals surface area contributed by atoms with Crippen LogP contribution in [-0.2, 0) is 5.41 Å². The van der Waals surface area contributed by atoms with Gasteiger partial charge in [-0.1, -0.05) is 97.1 Å². The summed E-state index contributed by atoms with van der Waals surface area (Å²) in [5.41, 5.74) is 15.0. The van der Waals surface area contributed by atoms with E-state index in [1.165, 1.54) is 0 Å². The van der Waals surface area contributed by atoms with Crippen LogP contribution in [0.3, 0.4) is 0 Å². The summed E-state index contributed by atoms with van der Waals surface area (Å²) in [5, 5.41) is 0. The van der Waals surface area contributed by atoms with Crippen LogP contribution in [0.25, 0.3) is 44.5 Å². The zero-order valence-electron chi connectivity index (χ0n) is 41.6. The fraction of sp³-hybridized carbons (Fsp3) is 0.213. The maximum atomic E-state index is 5.94. The molecule has 0 spiro atoms. The van der Waals surface area contributed by atoms with Gasteiger partial charge < -0.3 is 37.9 Å². The van der Waals surface area contributed by atoms with Gasteiger partial charge >= 0.3 is 0 Å². The molecule has 69 heavy (non-hydrogen) atoms. The molecule has 0 amide bonds.